The summed E-state index contributed by atoms with van der Waals surface area (Å²) in [6, 6.07) is 10.7. The topological polar surface area (TPSA) is 213 Å². The Morgan fingerprint density at radius 3 is 1.00 bits per heavy atom. The van der Waals surface area contributed by atoms with Gasteiger partial charge in [0.05, 0.1) is 11.1 Å². The van der Waals surface area contributed by atoms with Crippen molar-refractivity contribution in [2.24, 2.45) is 0 Å². The number of hydrogen-bond acceptors (Lipinski definition) is 4. The third-order valence-corrected chi connectivity index (χ3v) is 2.23. The van der Waals surface area contributed by atoms with Gasteiger partial charge in [-0.3, -0.25) is 0 Å². The van der Waals surface area contributed by atoms with Gasteiger partial charge in [0, 0.05) is 17.1 Å². The fraction of sp³-hybridized carbons (Fsp3) is 0. The molecule has 0 bridgehead atoms. The summed E-state index contributed by atoms with van der Waals surface area (Å²) in [5, 5.41) is 34.3. The van der Waals surface area contributed by atoms with Gasteiger partial charge in [-0.05, 0) is 48.5 Å². The maximum Gasteiger partial charge on any atom is 0.335 e. The Morgan fingerprint density at radius 1 is 0.625 bits per heavy atom. The van der Waals surface area contributed by atoms with Crippen LogP contribution in [0.15, 0.2) is 48.5 Å². The van der Waals surface area contributed by atoms with Crippen LogP contribution in [-0.4, -0.2) is 37.8 Å². The zero-order valence-corrected chi connectivity index (χ0v) is 13.1. The number of phenols is 2. The smallest absolute Gasteiger partial charge is 0.335 e. The normalized spacial score (nSPS) is 7.67. The van der Waals surface area contributed by atoms with Gasteiger partial charge in [-0.25, -0.2) is 9.59 Å². The minimum absolute atomic E-state index is 0. The second-order valence-corrected chi connectivity index (χ2v) is 3.70. The van der Waals surface area contributed by atoms with E-state index in [0.29, 0.717) is 0 Å². The first-order valence-electron chi connectivity index (χ1n) is 5.45. The molecule has 0 saturated heterocycles. The van der Waals surface area contributed by atoms with E-state index in [1.807, 2.05) is 0 Å². The Morgan fingerprint density at radius 2 is 0.833 bits per heavy atom. The molecule has 0 spiro atoms. The molecule has 0 saturated carbocycles. The van der Waals surface area contributed by atoms with Crippen molar-refractivity contribution in [1.29, 1.82) is 0 Å². The van der Waals surface area contributed by atoms with E-state index in [0.717, 1.165) is 0 Å². The first kappa shape index (κ1) is 29.4. The van der Waals surface area contributed by atoms with E-state index in [-0.39, 0.29) is 56.1 Å². The SMILES string of the molecule is O.O=C(O)c1ccc(O)cc1.O=C(O)c1ccc(O)cc1.[Cu].[OH3+].[OH3+]. The van der Waals surface area contributed by atoms with E-state index in [2.05, 4.69) is 0 Å². The quantitative estimate of drug-likeness (QED) is 0.388. The Bertz CT molecular complexity index is 541. The van der Waals surface area contributed by atoms with Gasteiger partial charge < -0.3 is 36.9 Å². The van der Waals surface area contributed by atoms with E-state index in [4.69, 9.17) is 20.4 Å². The van der Waals surface area contributed by atoms with Gasteiger partial charge >= 0.3 is 11.9 Å². The summed E-state index contributed by atoms with van der Waals surface area (Å²) in [7, 11) is 0. The largest absolute Gasteiger partial charge is 0.508 e. The van der Waals surface area contributed by atoms with E-state index < -0.39 is 11.9 Å². The molecule has 0 aliphatic rings. The van der Waals surface area contributed by atoms with Gasteiger partial charge in [-0.15, -0.1) is 0 Å². The molecule has 10 heteroatoms. The molecule has 9 nitrogen and oxygen atoms in total. The van der Waals surface area contributed by atoms with Crippen LogP contribution in [0.4, 0.5) is 0 Å². The molecule has 1 radical (unpaired) electrons. The van der Waals surface area contributed by atoms with Crippen molar-refractivity contribution in [2.75, 3.05) is 0 Å². The third-order valence-electron chi connectivity index (χ3n) is 2.23. The Balaban J connectivity index is -0.000000143. The average molecular weight is 396 g/mol. The van der Waals surface area contributed by atoms with Crippen molar-refractivity contribution in [2.45, 2.75) is 0 Å². The Labute approximate surface area is 147 Å². The van der Waals surface area contributed by atoms with Gasteiger partial charge in [-0.1, -0.05) is 0 Å². The van der Waals surface area contributed by atoms with Gasteiger partial charge in [-0.2, -0.15) is 0 Å². The Hall–Kier alpha value is -2.62. The number of aromatic hydroxyl groups is 2. The van der Waals surface area contributed by atoms with Crippen molar-refractivity contribution < 1.29 is 63.5 Å². The maximum absolute atomic E-state index is 10.2. The zero-order valence-electron chi connectivity index (χ0n) is 12.2. The van der Waals surface area contributed by atoms with E-state index in [9.17, 15) is 9.59 Å². The summed E-state index contributed by atoms with van der Waals surface area (Å²) >= 11 is 0. The van der Waals surface area contributed by atoms with Crippen molar-refractivity contribution in [1.82, 2.24) is 0 Å². The minimum atomic E-state index is -0.986. The molecule has 2 aromatic carbocycles. The number of benzene rings is 2. The van der Waals surface area contributed by atoms with Gasteiger partial charge in [0.1, 0.15) is 11.5 Å². The van der Waals surface area contributed by atoms with Gasteiger partial charge in [0.2, 0.25) is 0 Å². The fourth-order valence-corrected chi connectivity index (χ4v) is 1.21. The summed E-state index contributed by atoms with van der Waals surface area (Å²) in [5.74, 6) is -1.82. The van der Waals surface area contributed by atoms with Gasteiger partial charge in [0.25, 0.3) is 0 Å². The van der Waals surface area contributed by atoms with Crippen molar-refractivity contribution >= 4 is 11.9 Å². The van der Waals surface area contributed by atoms with Crippen LogP contribution in [0.2, 0.25) is 0 Å². The number of carboxylic acid groups (broad SMARTS) is 2. The molecular weight excluding hydrogens is 376 g/mol. The summed E-state index contributed by atoms with van der Waals surface area (Å²) < 4.78 is 0. The molecule has 0 amide bonds. The monoisotopic (exact) mass is 395 g/mol. The van der Waals surface area contributed by atoms with Crippen LogP contribution in [0.5, 0.6) is 11.5 Å². The molecule has 0 aromatic heterocycles. The molecule has 24 heavy (non-hydrogen) atoms. The predicted molar refractivity (Wildman–Crippen MR) is 83.5 cm³/mol. The summed E-state index contributed by atoms with van der Waals surface area (Å²) in [6.07, 6.45) is 0. The predicted octanol–water partition coefficient (Wildman–Crippen LogP) is -0.490. The first-order chi connectivity index (χ1) is 9.40. The second-order valence-electron chi connectivity index (χ2n) is 3.70. The summed E-state index contributed by atoms with van der Waals surface area (Å²) in [4.78, 5) is 20.5. The maximum atomic E-state index is 10.2. The standard InChI is InChI=1S/2C7H6O3.Cu.3H2O/c2*8-6-3-1-5(2-4-6)7(9)10;;;;/h2*1-4,8H,(H,9,10);;3*1H2/p+2. The molecule has 0 heterocycles. The Kier molecular flexibility index (Phi) is 17.2. The van der Waals surface area contributed by atoms with Crippen LogP contribution in [0.1, 0.15) is 20.7 Å². The van der Waals surface area contributed by atoms with Gasteiger partial charge in [0.15, 0.2) is 0 Å². The third kappa shape index (κ3) is 10.2. The van der Waals surface area contributed by atoms with E-state index >= 15 is 0 Å². The molecule has 12 N–H and O–H groups in total. The zero-order chi connectivity index (χ0) is 15.1. The summed E-state index contributed by atoms with van der Waals surface area (Å²) in [6.45, 7) is 0. The summed E-state index contributed by atoms with van der Waals surface area (Å²) in [5.41, 5.74) is 0.357. The molecule has 0 aliphatic carbocycles. The molecule has 2 rings (SSSR count). The molecule has 0 unspecified atom stereocenters. The van der Waals surface area contributed by atoms with Crippen LogP contribution < -0.4 is 0 Å². The number of aromatic carboxylic acids is 2. The average Bonchev–Trinajstić information content (AvgIpc) is 2.40. The van der Waals surface area contributed by atoms with Crippen molar-refractivity contribution in [3.63, 3.8) is 0 Å². The first-order valence-corrected chi connectivity index (χ1v) is 5.45. The number of phenolic OH excluding ortho intramolecular Hbond substituents is 2. The molecule has 0 atom stereocenters. The minimum Gasteiger partial charge on any atom is -0.508 e. The molecule has 0 aliphatic heterocycles. The molecule has 2 aromatic rings. The number of rotatable bonds is 2. The van der Waals surface area contributed by atoms with Crippen LogP contribution in [0, 0.1) is 0 Å². The molecule has 0 fully saturated rings. The second kappa shape index (κ2) is 14.0. The van der Waals surface area contributed by atoms with Crippen molar-refractivity contribution in [3.8, 4) is 11.5 Å². The van der Waals surface area contributed by atoms with Crippen LogP contribution in [0.3, 0.4) is 0 Å². The number of carbonyl (C=O) groups is 2. The van der Waals surface area contributed by atoms with Crippen LogP contribution >= 0.6 is 0 Å². The molecule has 139 valence electrons. The van der Waals surface area contributed by atoms with Crippen LogP contribution in [-0.2, 0) is 28.0 Å². The van der Waals surface area contributed by atoms with Crippen molar-refractivity contribution in [3.05, 3.63) is 59.7 Å². The number of hydrogen-bond donors (Lipinski definition) is 4. The fourth-order valence-electron chi connectivity index (χ4n) is 1.21. The van der Waals surface area contributed by atoms with Crippen LogP contribution in [0.25, 0.3) is 0 Å². The number of carboxylic acids is 2. The van der Waals surface area contributed by atoms with E-state index in [1.165, 1.54) is 48.5 Å². The molecular formula is C14H20CuO9+2. The van der Waals surface area contributed by atoms with E-state index in [1.54, 1.807) is 0 Å².